The first-order valence-electron chi connectivity index (χ1n) is 9.92. The third-order valence-corrected chi connectivity index (χ3v) is 5.54. The lowest BCUT2D eigenvalue weighted by molar-refractivity contribution is -0.137. The third-order valence-electron chi connectivity index (χ3n) is 5.23. The summed E-state index contributed by atoms with van der Waals surface area (Å²) in [5.74, 6) is -1.80. The molecule has 3 N–H and O–H groups in total. The summed E-state index contributed by atoms with van der Waals surface area (Å²) < 4.78 is 73.7. The molecule has 0 fully saturated rings. The lowest BCUT2D eigenvalue weighted by Crippen LogP contribution is -2.18. The molecule has 0 saturated carbocycles. The van der Waals surface area contributed by atoms with Crippen molar-refractivity contribution in [3.8, 4) is 5.75 Å². The first kappa shape index (κ1) is 23.7. The highest BCUT2D eigenvalue weighted by Crippen LogP contribution is 2.42. The number of rotatable bonds is 4. The number of nitrogens with one attached hydrogen (secondary N) is 1. The van der Waals surface area contributed by atoms with Crippen LogP contribution in [0.2, 0.25) is 5.02 Å². The molecule has 0 bridgehead atoms. The molecule has 1 amide bonds. The summed E-state index contributed by atoms with van der Waals surface area (Å²) >= 11 is 5.90. The van der Waals surface area contributed by atoms with E-state index in [9.17, 15) is 26.7 Å². The largest absolute Gasteiger partial charge is 0.489 e. The molecule has 3 aromatic carbocycles. The topological polar surface area (TPSA) is 64.3 Å². The van der Waals surface area contributed by atoms with Crippen molar-refractivity contribution < 1.29 is 31.5 Å². The van der Waals surface area contributed by atoms with Crippen LogP contribution in [0.25, 0.3) is 5.57 Å². The standard InChI is InChI=1S/C24H16ClF5N2O2/c25-20-10-18(23(33)32-14-2-4-21(27)12(7-14)11-31)17(9-19(20)24(28,29)30)15-5-6-34-22-8-13(26)1-3-16(15)22/h1-5,7-10H,6,11,31H2,(H,32,33). The molecule has 176 valence electrons. The average molecular weight is 495 g/mol. The molecule has 4 rings (SSSR count). The molecule has 10 heteroatoms. The van der Waals surface area contributed by atoms with Crippen LogP contribution >= 0.6 is 11.6 Å². The Morgan fingerprint density at radius 3 is 2.53 bits per heavy atom. The Kier molecular flexibility index (Phi) is 6.33. The predicted octanol–water partition coefficient (Wildman–Crippen LogP) is 6.17. The summed E-state index contributed by atoms with van der Waals surface area (Å²) in [5, 5.41) is 1.87. The van der Waals surface area contributed by atoms with Gasteiger partial charge in [-0.3, -0.25) is 4.79 Å². The molecular weight excluding hydrogens is 479 g/mol. The van der Waals surface area contributed by atoms with Crippen molar-refractivity contribution >= 4 is 28.8 Å². The Balaban J connectivity index is 1.84. The molecule has 0 aromatic heterocycles. The molecule has 1 aliphatic heterocycles. The molecule has 0 radical (unpaired) electrons. The summed E-state index contributed by atoms with van der Waals surface area (Å²) in [4.78, 5) is 13.1. The molecule has 0 aliphatic carbocycles. The molecule has 0 atom stereocenters. The van der Waals surface area contributed by atoms with E-state index in [1.807, 2.05) is 0 Å². The van der Waals surface area contributed by atoms with Gasteiger partial charge in [0.05, 0.1) is 10.6 Å². The van der Waals surface area contributed by atoms with Crippen LogP contribution in [-0.2, 0) is 12.7 Å². The lowest BCUT2D eigenvalue weighted by atomic mass is 9.90. The van der Waals surface area contributed by atoms with Crippen LogP contribution in [0.15, 0.2) is 54.6 Å². The van der Waals surface area contributed by atoms with Gasteiger partial charge in [-0.2, -0.15) is 13.2 Å². The van der Waals surface area contributed by atoms with Crippen molar-refractivity contribution in [2.24, 2.45) is 5.73 Å². The minimum absolute atomic E-state index is 0.0470. The number of fused-ring (bicyclic) bond motifs is 1. The predicted molar refractivity (Wildman–Crippen MR) is 118 cm³/mol. The number of anilines is 1. The summed E-state index contributed by atoms with van der Waals surface area (Å²) in [6, 6.07) is 9.02. The zero-order chi connectivity index (χ0) is 24.6. The van der Waals surface area contributed by atoms with Gasteiger partial charge in [0.1, 0.15) is 24.0 Å². The van der Waals surface area contributed by atoms with Crippen molar-refractivity contribution in [3.63, 3.8) is 0 Å². The van der Waals surface area contributed by atoms with E-state index in [-0.39, 0.29) is 46.9 Å². The first-order valence-corrected chi connectivity index (χ1v) is 10.3. The van der Waals surface area contributed by atoms with E-state index < -0.39 is 34.3 Å². The number of carbonyl (C=O) groups excluding carboxylic acids is 1. The highest BCUT2D eigenvalue weighted by molar-refractivity contribution is 6.32. The maximum atomic E-state index is 13.8. The van der Waals surface area contributed by atoms with E-state index in [0.717, 1.165) is 30.3 Å². The molecule has 0 spiro atoms. The van der Waals surface area contributed by atoms with E-state index in [0.29, 0.717) is 5.56 Å². The van der Waals surface area contributed by atoms with Crippen LogP contribution in [0, 0.1) is 11.6 Å². The first-order chi connectivity index (χ1) is 16.1. The molecular formula is C24H16ClF5N2O2. The van der Waals surface area contributed by atoms with Gasteiger partial charge in [0.15, 0.2) is 0 Å². The normalized spacial score (nSPS) is 13.1. The average Bonchev–Trinajstić information content (AvgIpc) is 2.78. The summed E-state index contributed by atoms with van der Waals surface area (Å²) in [6.45, 7) is -0.165. The number of benzene rings is 3. The minimum atomic E-state index is -4.79. The van der Waals surface area contributed by atoms with Crippen molar-refractivity contribution in [3.05, 3.63) is 99.1 Å². The van der Waals surface area contributed by atoms with Crippen LogP contribution in [0.5, 0.6) is 5.75 Å². The van der Waals surface area contributed by atoms with Gasteiger partial charge in [0, 0.05) is 35.0 Å². The van der Waals surface area contributed by atoms with Crippen LogP contribution in [0.4, 0.5) is 27.6 Å². The molecule has 34 heavy (non-hydrogen) atoms. The highest BCUT2D eigenvalue weighted by atomic mass is 35.5. The van der Waals surface area contributed by atoms with Crippen molar-refractivity contribution in [2.75, 3.05) is 11.9 Å². The van der Waals surface area contributed by atoms with E-state index in [4.69, 9.17) is 22.1 Å². The second-order valence-corrected chi connectivity index (χ2v) is 7.82. The molecule has 3 aromatic rings. The van der Waals surface area contributed by atoms with Gasteiger partial charge < -0.3 is 15.8 Å². The molecule has 0 saturated heterocycles. The minimum Gasteiger partial charge on any atom is -0.489 e. The second kappa shape index (κ2) is 9.08. The molecule has 0 unspecified atom stereocenters. The Bertz CT molecular complexity index is 1320. The van der Waals surface area contributed by atoms with Crippen LogP contribution < -0.4 is 15.8 Å². The number of amides is 1. The zero-order valence-corrected chi connectivity index (χ0v) is 18.0. The number of hydrogen-bond acceptors (Lipinski definition) is 3. The zero-order valence-electron chi connectivity index (χ0n) is 17.3. The molecule has 1 aliphatic rings. The number of carbonyl (C=O) groups is 1. The molecule has 4 nitrogen and oxygen atoms in total. The Hall–Kier alpha value is -3.43. The van der Waals surface area contributed by atoms with Gasteiger partial charge in [-0.05, 0) is 59.7 Å². The quantitative estimate of drug-likeness (QED) is 0.426. The second-order valence-electron chi connectivity index (χ2n) is 7.41. The van der Waals surface area contributed by atoms with Crippen molar-refractivity contribution in [1.29, 1.82) is 0 Å². The summed E-state index contributed by atoms with van der Waals surface area (Å²) in [6.07, 6.45) is -3.30. The number of hydrogen-bond donors (Lipinski definition) is 2. The Labute approximate surface area is 195 Å². The van der Waals surface area contributed by atoms with Gasteiger partial charge in [0.2, 0.25) is 0 Å². The smallest absolute Gasteiger partial charge is 0.417 e. The number of alkyl halides is 3. The van der Waals surface area contributed by atoms with Gasteiger partial charge >= 0.3 is 6.18 Å². The number of nitrogens with two attached hydrogens (primary N) is 1. The third kappa shape index (κ3) is 4.62. The monoisotopic (exact) mass is 494 g/mol. The fraction of sp³-hybridized carbons (Fsp3) is 0.125. The number of halogens is 6. The fourth-order valence-electron chi connectivity index (χ4n) is 3.63. The van der Waals surface area contributed by atoms with Crippen LogP contribution in [0.1, 0.15) is 32.6 Å². The van der Waals surface area contributed by atoms with Gasteiger partial charge in [-0.1, -0.05) is 11.6 Å². The fourth-order valence-corrected chi connectivity index (χ4v) is 3.90. The van der Waals surface area contributed by atoms with E-state index in [1.54, 1.807) is 0 Å². The van der Waals surface area contributed by atoms with Crippen molar-refractivity contribution in [2.45, 2.75) is 12.7 Å². The maximum Gasteiger partial charge on any atom is 0.417 e. The maximum absolute atomic E-state index is 13.8. The Morgan fingerprint density at radius 2 is 1.82 bits per heavy atom. The van der Waals surface area contributed by atoms with Gasteiger partial charge in [-0.25, -0.2) is 8.78 Å². The highest BCUT2D eigenvalue weighted by Gasteiger charge is 2.35. The van der Waals surface area contributed by atoms with Crippen LogP contribution in [-0.4, -0.2) is 12.5 Å². The van der Waals surface area contributed by atoms with E-state index >= 15 is 0 Å². The van der Waals surface area contributed by atoms with Gasteiger partial charge in [-0.15, -0.1) is 0 Å². The lowest BCUT2D eigenvalue weighted by Gasteiger charge is -2.22. The summed E-state index contributed by atoms with van der Waals surface area (Å²) in [5.41, 5.74) is 5.01. The Morgan fingerprint density at radius 1 is 1.06 bits per heavy atom. The molecule has 1 heterocycles. The van der Waals surface area contributed by atoms with E-state index in [1.165, 1.54) is 24.3 Å². The van der Waals surface area contributed by atoms with Crippen molar-refractivity contribution in [1.82, 2.24) is 0 Å². The van der Waals surface area contributed by atoms with Crippen LogP contribution in [0.3, 0.4) is 0 Å². The van der Waals surface area contributed by atoms with Gasteiger partial charge in [0.25, 0.3) is 5.91 Å². The van der Waals surface area contributed by atoms with E-state index in [2.05, 4.69) is 5.32 Å². The summed E-state index contributed by atoms with van der Waals surface area (Å²) in [7, 11) is 0. The SMILES string of the molecule is NCc1cc(NC(=O)c2cc(Cl)c(C(F)(F)F)cc2C2=CCOc3cc(F)ccc32)ccc1F. The number of ether oxygens (including phenoxy) is 1.